The molecule has 1 fully saturated rings. The molecule has 2 atom stereocenters. The topological polar surface area (TPSA) is 87.0 Å². The first-order valence-electron chi connectivity index (χ1n) is 9.47. The minimum atomic E-state index is -0.653. The van der Waals surface area contributed by atoms with E-state index < -0.39 is 12.0 Å². The Hall–Kier alpha value is -2.32. The van der Waals surface area contributed by atoms with Gasteiger partial charge in [0, 0.05) is 31.4 Å². The van der Waals surface area contributed by atoms with Crippen LogP contribution in [0.3, 0.4) is 0 Å². The molecule has 0 radical (unpaired) electrons. The van der Waals surface area contributed by atoms with Crippen molar-refractivity contribution in [3.05, 3.63) is 35.4 Å². The molecule has 1 aromatic heterocycles. The number of likely N-dealkylation sites (N-methyl/N-ethyl adjacent to an activating group) is 1. The van der Waals surface area contributed by atoms with E-state index in [-0.39, 0.29) is 12.6 Å². The zero-order valence-corrected chi connectivity index (χ0v) is 16.2. The molecule has 2 N–H and O–H groups in total. The van der Waals surface area contributed by atoms with Crippen molar-refractivity contribution in [2.75, 3.05) is 39.8 Å². The summed E-state index contributed by atoms with van der Waals surface area (Å²) in [5, 5.41) is 5.58. The molecule has 0 bridgehead atoms. The molecular formula is C19H28N4O4. The summed E-state index contributed by atoms with van der Waals surface area (Å²) in [6.07, 6.45) is 2.60. The highest BCUT2D eigenvalue weighted by atomic mass is 16.5. The van der Waals surface area contributed by atoms with Crippen molar-refractivity contribution in [1.82, 2.24) is 20.4 Å². The summed E-state index contributed by atoms with van der Waals surface area (Å²) < 4.78 is 10.7. The van der Waals surface area contributed by atoms with Gasteiger partial charge in [0.05, 0.1) is 18.4 Å². The van der Waals surface area contributed by atoms with Crippen LogP contribution in [0.15, 0.2) is 34.1 Å². The maximum absolute atomic E-state index is 12.7. The summed E-state index contributed by atoms with van der Waals surface area (Å²) in [7, 11) is 2.12. The molecule has 0 aromatic carbocycles. The Kier molecular flexibility index (Phi) is 6.18. The normalized spacial score (nSPS) is 23.5. The second kappa shape index (κ2) is 8.58. The van der Waals surface area contributed by atoms with Gasteiger partial charge in [-0.3, -0.25) is 4.90 Å². The van der Waals surface area contributed by atoms with Gasteiger partial charge in [-0.15, -0.1) is 0 Å². The average Bonchev–Trinajstić information content (AvgIpc) is 3.32. The van der Waals surface area contributed by atoms with Crippen LogP contribution >= 0.6 is 0 Å². The molecule has 8 heteroatoms. The summed E-state index contributed by atoms with van der Waals surface area (Å²) in [6, 6.07) is 2.97. The van der Waals surface area contributed by atoms with Crippen molar-refractivity contribution in [3.8, 4) is 0 Å². The summed E-state index contributed by atoms with van der Waals surface area (Å²) in [6.45, 7) is 7.48. The van der Waals surface area contributed by atoms with E-state index in [1.165, 1.54) is 6.26 Å². The monoisotopic (exact) mass is 376 g/mol. The van der Waals surface area contributed by atoms with Crippen molar-refractivity contribution in [2.45, 2.75) is 32.4 Å². The molecule has 27 heavy (non-hydrogen) atoms. The number of esters is 1. The number of ether oxygens (including phenoxy) is 1. The van der Waals surface area contributed by atoms with Crippen molar-refractivity contribution in [1.29, 1.82) is 0 Å². The van der Waals surface area contributed by atoms with E-state index in [0.717, 1.165) is 26.1 Å². The van der Waals surface area contributed by atoms with Gasteiger partial charge in [0.1, 0.15) is 11.8 Å². The van der Waals surface area contributed by atoms with Crippen LogP contribution < -0.4 is 10.6 Å². The van der Waals surface area contributed by atoms with Crippen LogP contribution in [0.5, 0.6) is 0 Å². The van der Waals surface area contributed by atoms with Gasteiger partial charge in [-0.2, -0.15) is 0 Å². The molecule has 148 valence electrons. The predicted octanol–water partition coefficient (Wildman–Crippen LogP) is 1.48. The molecule has 1 saturated heterocycles. The van der Waals surface area contributed by atoms with E-state index in [9.17, 15) is 9.59 Å². The van der Waals surface area contributed by atoms with Crippen LogP contribution in [0.2, 0.25) is 0 Å². The van der Waals surface area contributed by atoms with Crippen molar-refractivity contribution >= 4 is 12.0 Å². The average molecular weight is 376 g/mol. The number of likely N-dealkylation sites (tertiary alicyclic amines) is 1. The Balaban J connectivity index is 1.86. The number of carbonyl (C=O) groups excluding carboxylic acids is 2. The Morgan fingerprint density at radius 2 is 2.26 bits per heavy atom. The van der Waals surface area contributed by atoms with Crippen molar-refractivity contribution < 1.29 is 18.7 Å². The summed E-state index contributed by atoms with van der Waals surface area (Å²) >= 11 is 0. The first kappa shape index (κ1) is 19.4. The molecule has 2 amide bonds. The van der Waals surface area contributed by atoms with E-state index in [2.05, 4.69) is 34.4 Å². The lowest BCUT2D eigenvalue weighted by Gasteiger charge is -2.30. The Labute approximate surface area is 159 Å². The number of amides is 2. The molecule has 3 rings (SSSR count). The molecular weight excluding hydrogens is 348 g/mol. The lowest BCUT2D eigenvalue weighted by Crippen LogP contribution is -2.48. The standard InChI is InChI=1S/C19H28N4O4/c1-4-22(3)13-8-9-23(11-13)12-14-16(18(24)26-5-2)17(21-19(25)20-14)15-7-6-10-27-15/h6-7,10,13,17H,4-5,8-9,11-12H2,1-3H3,(H2,20,21,25)/t13-,17-/m1/s1. The molecule has 0 spiro atoms. The number of hydrogen-bond acceptors (Lipinski definition) is 6. The van der Waals surface area contributed by atoms with Gasteiger partial charge in [0.25, 0.3) is 0 Å². The summed E-state index contributed by atoms with van der Waals surface area (Å²) in [4.78, 5) is 29.5. The van der Waals surface area contributed by atoms with Crippen LogP contribution in [0.25, 0.3) is 0 Å². The molecule has 1 aromatic rings. The third-order valence-electron chi connectivity index (χ3n) is 5.23. The zero-order chi connectivity index (χ0) is 19.4. The smallest absolute Gasteiger partial charge is 0.338 e. The second-order valence-corrected chi connectivity index (χ2v) is 6.91. The lowest BCUT2D eigenvalue weighted by atomic mass is 10.00. The lowest BCUT2D eigenvalue weighted by molar-refractivity contribution is -0.139. The fourth-order valence-corrected chi connectivity index (χ4v) is 3.66. The third-order valence-corrected chi connectivity index (χ3v) is 5.23. The molecule has 2 aliphatic rings. The number of furan rings is 1. The number of nitrogens with zero attached hydrogens (tertiary/aromatic N) is 2. The Bertz CT molecular complexity index is 701. The van der Waals surface area contributed by atoms with Crippen LogP contribution in [0.1, 0.15) is 32.1 Å². The quantitative estimate of drug-likeness (QED) is 0.701. The highest BCUT2D eigenvalue weighted by molar-refractivity contribution is 5.95. The van der Waals surface area contributed by atoms with Crippen molar-refractivity contribution in [3.63, 3.8) is 0 Å². The van der Waals surface area contributed by atoms with E-state index >= 15 is 0 Å². The maximum atomic E-state index is 12.7. The minimum absolute atomic E-state index is 0.265. The highest BCUT2D eigenvalue weighted by Crippen LogP contribution is 2.29. The van der Waals surface area contributed by atoms with Crippen LogP contribution in [0.4, 0.5) is 4.79 Å². The first-order chi connectivity index (χ1) is 13.0. The number of nitrogens with one attached hydrogen (secondary N) is 2. The molecule has 0 saturated carbocycles. The Morgan fingerprint density at radius 1 is 1.44 bits per heavy atom. The summed E-state index contributed by atoms with van der Waals surface area (Å²) in [5.41, 5.74) is 0.983. The molecule has 0 unspecified atom stereocenters. The van der Waals surface area contributed by atoms with Crippen LogP contribution in [0, 0.1) is 0 Å². The van der Waals surface area contributed by atoms with Gasteiger partial charge in [0.15, 0.2) is 0 Å². The van der Waals surface area contributed by atoms with Gasteiger partial charge >= 0.3 is 12.0 Å². The number of rotatable bonds is 7. The first-order valence-corrected chi connectivity index (χ1v) is 9.47. The predicted molar refractivity (Wildman–Crippen MR) is 99.9 cm³/mol. The third kappa shape index (κ3) is 4.33. The SMILES string of the molecule is CCOC(=O)C1=C(CN2CC[C@@H](N(C)CC)C2)NC(=O)N[C@@H]1c1ccco1. The van der Waals surface area contributed by atoms with Gasteiger partial charge in [-0.1, -0.05) is 6.92 Å². The molecule has 3 heterocycles. The number of carbonyl (C=O) groups is 2. The Morgan fingerprint density at radius 3 is 2.93 bits per heavy atom. The molecule has 2 aliphatic heterocycles. The van der Waals surface area contributed by atoms with Crippen LogP contribution in [-0.4, -0.2) is 67.7 Å². The van der Waals surface area contributed by atoms with Crippen LogP contribution in [-0.2, 0) is 9.53 Å². The van der Waals surface area contributed by atoms with E-state index in [0.29, 0.717) is 29.6 Å². The summed E-state index contributed by atoms with van der Waals surface area (Å²) in [5.74, 6) is 0.0678. The number of hydrogen-bond donors (Lipinski definition) is 2. The van der Waals surface area contributed by atoms with Gasteiger partial charge in [-0.05, 0) is 39.1 Å². The zero-order valence-electron chi connectivity index (χ0n) is 16.2. The fourth-order valence-electron chi connectivity index (χ4n) is 3.66. The number of urea groups is 1. The van der Waals surface area contributed by atoms with E-state index in [1.807, 2.05) is 0 Å². The fraction of sp³-hybridized carbons (Fsp3) is 0.579. The van der Waals surface area contributed by atoms with E-state index in [4.69, 9.17) is 9.15 Å². The van der Waals surface area contributed by atoms with Gasteiger partial charge in [-0.25, -0.2) is 9.59 Å². The van der Waals surface area contributed by atoms with Crippen molar-refractivity contribution in [2.24, 2.45) is 0 Å². The molecule has 8 nitrogen and oxygen atoms in total. The van der Waals surface area contributed by atoms with Gasteiger partial charge < -0.3 is 24.7 Å². The van der Waals surface area contributed by atoms with Gasteiger partial charge in [0.2, 0.25) is 0 Å². The largest absolute Gasteiger partial charge is 0.467 e. The highest BCUT2D eigenvalue weighted by Gasteiger charge is 2.36. The molecule has 0 aliphatic carbocycles. The second-order valence-electron chi connectivity index (χ2n) is 6.91. The maximum Gasteiger partial charge on any atom is 0.338 e. The minimum Gasteiger partial charge on any atom is -0.467 e. The van der Waals surface area contributed by atoms with E-state index in [1.54, 1.807) is 19.1 Å².